The molecule has 0 saturated carbocycles. The number of aromatic nitrogens is 3. The zero-order chi connectivity index (χ0) is 26.8. The maximum absolute atomic E-state index is 13.7. The number of hydrogen-bond donors (Lipinski definition) is 0. The van der Waals surface area contributed by atoms with E-state index in [1.54, 1.807) is 33.7 Å². The number of ether oxygens (including phenoxy) is 1. The number of hydrogen-bond acceptors (Lipinski definition) is 5. The molecule has 1 aliphatic heterocycles. The van der Waals surface area contributed by atoms with Crippen molar-refractivity contribution < 1.29 is 14.3 Å². The van der Waals surface area contributed by atoms with Crippen LogP contribution in [0.4, 0.5) is 0 Å². The standard InChI is InChI=1S/C28H24Cl2N4O4/c1-38-25-12-9-20(16-31-25)34-26(24(35)11-7-18-5-3-2-4-6-18)23-17-32(13-14-33(23)28(34)37)27(36)19-8-10-21(29)22(30)15-19/h2-6,8-10,12,15-16H,7,11,13-14,17H2,1H3. The second-order valence-electron chi connectivity index (χ2n) is 8.89. The minimum atomic E-state index is -0.350. The van der Waals surface area contributed by atoms with Gasteiger partial charge in [-0.25, -0.2) is 9.78 Å². The van der Waals surface area contributed by atoms with Crippen LogP contribution in [0.5, 0.6) is 5.88 Å². The van der Waals surface area contributed by atoms with Crippen LogP contribution in [0.1, 0.15) is 38.5 Å². The maximum Gasteiger partial charge on any atom is 0.333 e. The van der Waals surface area contributed by atoms with Crippen LogP contribution in [0.15, 0.2) is 71.7 Å². The topological polar surface area (TPSA) is 86.4 Å². The number of nitrogens with zero attached hydrogens (tertiary/aromatic N) is 4. The van der Waals surface area contributed by atoms with Crippen molar-refractivity contribution in [3.8, 4) is 11.6 Å². The third-order valence-corrected chi connectivity index (χ3v) is 7.31. The average Bonchev–Trinajstić information content (AvgIpc) is 3.25. The Morgan fingerprint density at radius 3 is 2.47 bits per heavy atom. The van der Waals surface area contributed by atoms with E-state index in [-0.39, 0.29) is 47.6 Å². The molecule has 0 radical (unpaired) electrons. The Kier molecular flexibility index (Phi) is 7.35. The SMILES string of the molecule is COc1ccc(-n2c(C(=O)CCc3ccccc3)c3n(c2=O)CCN(C(=O)c2ccc(Cl)c(Cl)c2)C3)cn1. The molecule has 8 nitrogen and oxygen atoms in total. The number of carbonyl (C=O) groups is 2. The Balaban J connectivity index is 1.53. The highest BCUT2D eigenvalue weighted by molar-refractivity contribution is 6.42. The monoisotopic (exact) mass is 550 g/mol. The number of benzene rings is 2. The summed E-state index contributed by atoms with van der Waals surface area (Å²) >= 11 is 12.1. The van der Waals surface area contributed by atoms with Crippen LogP contribution in [0, 0.1) is 0 Å². The fraction of sp³-hybridized carbons (Fsp3) is 0.214. The van der Waals surface area contributed by atoms with Gasteiger partial charge in [0, 0.05) is 31.1 Å². The van der Waals surface area contributed by atoms with E-state index in [0.717, 1.165) is 5.56 Å². The van der Waals surface area contributed by atoms with E-state index < -0.39 is 0 Å². The van der Waals surface area contributed by atoms with Crippen LogP contribution < -0.4 is 10.4 Å². The van der Waals surface area contributed by atoms with Crippen molar-refractivity contribution in [1.29, 1.82) is 0 Å². The highest BCUT2D eigenvalue weighted by Crippen LogP contribution is 2.26. The van der Waals surface area contributed by atoms with E-state index in [2.05, 4.69) is 4.98 Å². The first-order valence-corrected chi connectivity index (χ1v) is 12.8. The summed E-state index contributed by atoms with van der Waals surface area (Å²) in [5.74, 6) is -0.0655. The number of Topliss-reactive ketones (excluding diaryl/α,β-unsaturated/α-hetero) is 1. The lowest BCUT2D eigenvalue weighted by Gasteiger charge is -2.28. The normalized spacial score (nSPS) is 12.8. The summed E-state index contributed by atoms with van der Waals surface area (Å²) in [6.07, 6.45) is 2.22. The minimum Gasteiger partial charge on any atom is -0.481 e. The number of halogens is 2. The van der Waals surface area contributed by atoms with Gasteiger partial charge in [0.1, 0.15) is 5.69 Å². The van der Waals surface area contributed by atoms with E-state index in [4.69, 9.17) is 27.9 Å². The molecule has 0 bridgehead atoms. The highest BCUT2D eigenvalue weighted by atomic mass is 35.5. The maximum atomic E-state index is 13.7. The van der Waals surface area contributed by atoms with Crippen molar-refractivity contribution in [2.45, 2.75) is 25.9 Å². The number of amides is 1. The quantitative estimate of drug-likeness (QED) is 0.308. The molecule has 4 aromatic rings. The van der Waals surface area contributed by atoms with Crippen molar-refractivity contribution >= 4 is 34.9 Å². The summed E-state index contributed by atoms with van der Waals surface area (Å²) in [5.41, 5.74) is 2.24. The van der Waals surface area contributed by atoms with Gasteiger partial charge in [0.15, 0.2) is 5.78 Å². The zero-order valence-corrected chi connectivity index (χ0v) is 22.1. The molecular formula is C28H24Cl2N4O4. The van der Waals surface area contributed by atoms with Crippen molar-refractivity contribution in [3.63, 3.8) is 0 Å². The van der Waals surface area contributed by atoms with Gasteiger partial charge in [-0.2, -0.15) is 0 Å². The summed E-state index contributed by atoms with van der Waals surface area (Å²) in [4.78, 5) is 46.4. The van der Waals surface area contributed by atoms with Gasteiger partial charge in [0.2, 0.25) is 5.88 Å². The Bertz CT molecular complexity index is 1560. The van der Waals surface area contributed by atoms with E-state index in [9.17, 15) is 14.4 Å². The number of fused-ring (bicyclic) bond motifs is 1. The third-order valence-electron chi connectivity index (χ3n) is 6.57. The van der Waals surface area contributed by atoms with Gasteiger partial charge in [0.05, 0.1) is 41.3 Å². The first kappa shape index (κ1) is 25.8. The van der Waals surface area contributed by atoms with E-state index >= 15 is 0 Å². The number of pyridine rings is 1. The van der Waals surface area contributed by atoms with Crippen LogP contribution in [-0.2, 0) is 19.5 Å². The lowest BCUT2D eigenvalue weighted by molar-refractivity contribution is 0.0707. The van der Waals surface area contributed by atoms with Gasteiger partial charge in [-0.3, -0.25) is 18.7 Å². The molecular weight excluding hydrogens is 527 g/mol. The summed E-state index contributed by atoms with van der Waals surface area (Å²) in [7, 11) is 1.50. The molecule has 0 fully saturated rings. The van der Waals surface area contributed by atoms with Crippen LogP contribution in [0.2, 0.25) is 10.0 Å². The summed E-state index contributed by atoms with van der Waals surface area (Å²) in [6.45, 7) is 0.641. The second kappa shape index (κ2) is 10.8. The molecule has 194 valence electrons. The highest BCUT2D eigenvalue weighted by Gasteiger charge is 2.32. The van der Waals surface area contributed by atoms with Crippen LogP contribution in [-0.4, -0.2) is 44.4 Å². The smallest absolute Gasteiger partial charge is 0.333 e. The molecule has 10 heteroatoms. The fourth-order valence-electron chi connectivity index (χ4n) is 4.62. The predicted octanol–water partition coefficient (Wildman–Crippen LogP) is 4.82. The van der Waals surface area contributed by atoms with Gasteiger partial charge in [-0.15, -0.1) is 0 Å². The first-order chi connectivity index (χ1) is 18.4. The molecule has 1 amide bonds. The molecule has 0 unspecified atom stereocenters. The number of imidazole rings is 1. The fourth-order valence-corrected chi connectivity index (χ4v) is 4.91. The molecule has 2 aromatic heterocycles. The van der Waals surface area contributed by atoms with E-state index in [1.807, 2.05) is 30.3 Å². The van der Waals surface area contributed by atoms with Crippen LogP contribution in [0.25, 0.3) is 5.69 Å². The molecule has 2 aromatic carbocycles. The Morgan fingerprint density at radius 2 is 1.79 bits per heavy atom. The molecule has 0 saturated heterocycles. The van der Waals surface area contributed by atoms with Crippen LogP contribution >= 0.6 is 23.2 Å². The number of methoxy groups -OCH3 is 1. The van der Waals surface area contributed by atoms with Gasteiger partial charge in [0.25, 0.3) is 5.91 Å². The molecule has 5 rings (SSSR count). The first-order valence-electron chi connectivity index (χ1n) is 12.0. The second-order valence-corrected chi connectivity index (χ2v) is 9.70. The number of aryl methyl sites for hydroxylation is 1. The Hall–Kier alpha value is -3.88. The van der Waals surface area contributed by atoms with Crippen molar-refractivity contribution in [2.24, 2.45) is 0 Å². The van der Waals surface area contributed by atoms with Gasteiger partial charge in [-0.05, 0) is 36.2 Å². The predicted molar refractivity (Wildman–Crippen MR) is 145 cm³/mol. The molecule has 1 aliphatic rings. The van der Waals surface area contributed by atoms with Crippen molar-refractivity contribution in [2.75, 3.05) is 13.7 Å². The lowest BCUT2D eigenvalue weighted by atomic mass is 10.0. The van der Waals surface area contributed by atoms with Gasteiger partial charge in [-0.1, -0.05) is 53.5 Å². The van der Waals surface area contributed by atoms with E-state index in [1.165, 1.54) is 23.9 Å². The van der Waals surface area contributed by atoms with E-state index in [0.29, 0.717) is 40.8 Å². The lowest BCUT2D eigenvalue weighted by Crippen LogP contribution is -2.41. The molecule has 0 aliphatic carbocycles. The molecule has 0 spiro atoms. The van der Waals surface area contributed by atoms with Crippen LogP contribution in [0.3, 0.4) is 0 Å². The molecule has 38 heavy (non-hydrogen) atoms. The third kappa shape index (κ3) is 4.97. The van der Waals surface area contributed by atoms with Crippen molar-refractivity contribution in [1.82, 2.24) is 19.0 Å². The van der Waals surface area contributed by atoms with Gasteiger partial charge >= 0.3 is 5.69 Å². The Labute approximate surface area is 229 Å². The molecule has 3 heterocycles. The van der Waals surface area contributed by atoms with Crippen molar-refractivity contribution in [3.05, 3.63) is 110 Å². The van der Waals surface area contributed by atoms with Gasteiger partial charge < -0.3 is 9.64 Å². The Morgan fingerprint density at radius 1 is 1.00 bits per heavy atom. The zero-order valence-electron chi connectivity index (χ0n) is 20.6. The molecule has 0 N–H and O–H groups in total. The minimum absolute atomic E-state index is 0.0946. The largest absolute Gasteiger partial charge is 0.481 e. The number of rotatable bonds is 7. The summed E-state index contributed by atoms with van der Waals surface area (Å²) < 4.78 is 8.11. The number of ketones is 1. The number of carbonyl (C=O) groups excluding carboxylic acids is 2. The summed E-state index contributed by atoms with van der Waals surface area (Å²) in [5, 5.41) is 0.633. The average molecular weight is 551 g/mol. The summed E-state index contributed by atoms with van der Waals surface area (Å²) in [6, 6.07) is 17.7. The molecule has 0 atom stereocenters.